The van der Waals surface area contributed by atoms with E-state index in [1.807, 2.05) is 0 Å². The molecule has 1 aromatic carbocycles. The van der Waals surface area contributed by atoms with Gasteiger partial charge in [0, 0.05) is 19.6 Å². The van der Waals surface area contributed by atoms with Gasteiger partial charge in [0.1, 0.15) is 0 Å². The summed E-state index contributed by atoms with van der Waals surface area (Å²) in [5, 5.41) is 0. The van der Waals surface area contributed by atoms with Crippen LogP contribution in [0.15, 0.2) is 24.3 Å². The highest BCUT2D eigenvalue weighted by Crippen LogP contribution is 2.18. The first-order valence-corrected chi connectivity index (χ1v) is 5.65. The van der Waals surface area contributed by atoms with Crippen LogP contribution in [0.2, 0.25) is 0 Å². The Morgan fingerprint density at radius 3 is 2.88 bits per heavy atom. The molecule has 1 aromatic rings. The summed E-state index contributed by atoms with van der Waals surface area (Å²) >= 11 is 0. The molecule has 0 bridgehead atoms. The van der Waals surface area contributed by atoms with Crippen LogP contribution in [0.5, 0.6) is 0 Å². The van der Waals surface area contributed by atoms with E-state index in [1.54, 1.807) is 0 Å². The smallest absolute Gasteiger partial charge is 0.306 e. The lowest BCUT2D eigenvalue weighted by Gasteiger charge is -2.28. The largest absolute Gasteiger partial charge is 0.469 e. The molecule has 3 heteroatoms. The highest BCUT2D eigenvalue weighted by Gasteiger charge is 2.16. The van der Waals surface area contributed by atoms with Crippen LogP contribution in [0, 0.1) is 0 Å². The summed E-state index contributed by atoms with van der Waals surface area (Å²) in [7, 11) is 1.44. The molecule has 0 saturated carbocycles. The molecule has 0 amide bonds. The molecule has 0 aliphatic carbocycles. The predicted octanol–water partition coefficient (Wildman–Crippen LogP) is 1.61. The van der Waals surface area contributed by atoms with Gasteiger partial charge in [-0.25, -0.2) is 0 Å². The van der Waals surface area contributed by atoms with Crippen LogP contribution in [-0.4, -0.2) is 31.1 Å². The van der Waals surface area contributed by atoms with Crippen molar-refractivity contribution in [2.24, 2.45) is 0 Å². The molecule has 0 unspecified atom stereocenters. The quantitative estimate of drug-likeness (QED) is 0.723. The number of fused-ring (bicyclic) bond motifs is 1. The number of methoxy groups -OCH3 is 1. The van der Waals surface area contributed by atoms with E-state index in [0.29, 0.717) is 6.42 Å². The zero-order valence-electron chi connectivity index (χ0n) is 9.61. The fourth-order valence-electron chi connectivity index (χ4n) is 2.10. The number of rotatable bonds is 3. The van der Waals surface area contributed by atoms with Crippen LogP contribution in [0.4, 0.5) is 0 Å². The Kier molecular flexibility index (Phi) is 3.57. The molecule has 16 heavy (non-hydrogen) atoms. The van der Waals surface area contributed by atoms with Gasteiger partial charge in [0.05, 0.1) is 13.5 Å². The van der Waals surface area contributed by atoms with Crippen molar-refractivity contribution in [2.75, 3.05) is 20.2 Å². The highest BCUT2D eigenvalue weighted by molar-refractivity contribution is 5.69. The Labute approximate surface area is 96.0 Å². The van der Waals surface area contributed by atoms with E-state index in [0.717, 1.165) is 26.1 Å². The molecule has 1 aliphatic heterocycles. The fourth-order valence-corrected chi connectivity index (χ4v) is 2.10. The SMILES string of the molecule is COC(=O)CCN1CCc2ccccc2C1. The van der Waals surface area contributed by atoms with Gasteiger partial charge in [0.15, 0.2) is 0 Å². The van der Waals surface area contributed by atoms with E-state index < -0.39 is 0 Å². The minimum atomic E-state index is -0.126. The highest BCUT2D eigenvalue weighted by atomic mass is 16.5. The third kappa shape index (κ3) is 2.61. The van der Waals surface area contributed by atoms with E-state index in [1.165, 1.54) is 18.2 Å². The molecule has 86 valence electrons. The van der Waals surface area contributed by atoms with Crippen LogP contribution < -0.4 is 0 Å². The number of ether oxygens (including phenoxy) is 1. The van der Waals surface area contributed by atoms with Gasteiger partial charge in [-0.15, -0.1) is 0 Å². The Morgan fingerprint density at radius 2 is 2.12 bits per heavy atom. The lowest BCUT2D eigenvalue weighted by Crippen LogP contribution is -2.32. The zero-order chi connectivity index (χ0) is 11.4. The lowest BCUT2D eigenvalue weighted by atomic mass is 10.00. The molecule has 0 N–H and O–H groups in total. The Balaban J connectivity index is 1.90. The maximum absolute atomic E-state index is 11.1. The van der Waals surface area contributed by atoms with Crippen molar-refractivity contribution in [1.82, 2.24) is 4.90 Å². The number of carbonyl (C=O) groups is 1. The second-order valence-corrected chi connectivity index (χ2v) is 4.12. The summed E-state index contributed by atoms with van der Waals surface area (Å²) in [6, 6.07) is 8.51. The van der Waals surface area contributed by atoms with Gasteiger partial charge in [0.25, 0.3) is 0 Å². The fraction of sp³-hybridized carbons (Fsp3) is 0.462. The molecule has 1 heterocycles. The first-order valence-electron chi connectivity index (χ1n) is 5.65. The van der Waals surface area contributed by atoms with Crippen molar-refractivity contribution in [1.29, 1.82) is 0 Å². The average Bonchev–Trinajstić information content (AvgIpc) is 2.35. The topological polar surface area (TPSA) is 29.5 Å². The summed E-state index contributed by atoms with van der Waals surface area (Å²) < 4.78 is 4.65. The molecule has 1 aliphatic rings. The number of benzene rings is 1. The van der Waals surface area contributed by atoms with Crippen molar-refractivity contribution in [3.8, 4) is 0 Å². The summed E-state index contributed by atoms with van der Waals surface area (Å²) in [6.07, 6.45) is 1.57. The van der Waals surface area contributed by atoms with E-state index in [-0.39, 0.29) is 5.97 Å². The lowest BCUT2D eigenvalue weighted by molar-refractivity contribution is -0.141. The predicted molar refractivity (Wildman–Crippen MR) is 62.1 cm³/mol. The summed E-state index contributed by atoms with van der Waals surface area (Å²) in [4.78, 5) is 13.4. The first-order chi connectivity index (χ1) is 7.79. The second kappa shape index (κ2) is 5.12. The van der Waals surface area contributed by atoms with Gasteiger partial charge in [-0.2, -0.15) is 0 Å². The zero-order valence-corrected chi connectivity index (χ0v) is 9.61. The number of hydrogen-bond donors (Lipinski definition) is 0. The monoisotopic (exact) mass is 219 g/mol. The van der Waals surface area contributed by atoms with Gasteiger partial charge in [0.2, 0.25) is 0 Å². The maximum Gasteiger partial charge on any atom is 0.306 e. The molecule has 0 aromatic heterocycles. The van der Waals surface area contributed by atoms with Crippen LogP contribution in [0.25, 0.3) is 0 Å². The maximum atomic E-state index is 11.1. The second-order valence-electron chi connectivity index (χ2n) is 4.12. The van der Waals surface area contributed by atoms with Gasteiger partial charge < -0.3 is 4.74 Å². The van der Waals surface area contributed by atoms with Crippen molar-refractivity contribution < 1.29 is 9.53 Å². The normalized spacial score (nSPS) is 15.6. The molecule has 0 radical (unpaired) electrons. The van der Waals surface area contributed by atoms with Gasteiger partial charge >= 0.3 is 5.97 Å². The molecular formula is C13H17NO2. The van der Waals surface area contributed by atoms with Gasteiger partial charge in [-0.3, -0.25) is 9.69 Å². The van der Waals surface area contributed by atoms with Crippen molar-refractivity contribution in [2.45, 2.75) is 19.4 Å². The Bertz CT molecular complexity index is 376. The standard InChI is InChI=1S/C13H17NO2/c1-16-13(15)7-9-14-8-6-11-4-2-3-5-12(11)10-14/h2-5H,6-10H2,1H3. The van der Waals surface area contributed by atoms with Gasteiger partial charge in [-0.1, -0.05) is 24.3 Å². The summed E-state index contributed by atoms with van der Waals surface area (Å²) in [6.45, 7) is 2.78. The van der Waals surface area contributed by atoms with Crippen LogP contribution >= 0.6 is 0 Å². The molecule has 0 fully saturated rings. The van der Waals surface area contributed by atoms with E-state index in [4.69, 9.17) is 0 Å². The Morgan fingerprint density at radius 1 is 1.38 bits per heavy atom. The van der Waals surface area contributed by atoms with Crippen molar-refractivity contribution in [3.63, 3.8) is 0 Å². The minimum Gasteiger partial charge on any atom is -0.469 e. The van der Waals surface area contributed by atoms with Crippen LogP contribution in [-0.2, 0) is 22.5 Å². The van der Waals surface area contributed by atoms with E-state index in [9.17, 15) is 4.79 Å². The Hall–Kier alpha value is -1.35. The number of carbonyl (C=O) groups excluding carboxylic acids is 1. The summed E-state index contributed by atoms with van der Waals surface area (Å²) in [5.74, 6) is -0.126. The molecule has 2 rings (SSSR count). The number of hydrogen-bond acceptors (Lipinski definition) is 3. The summed E-state index contributed by atoms with van der Waals surface area (Å²) in [5.41, 5.74) is 2.83. The molecule has 0 saturated heterocycles. The molecule has 0 spiro atoms. The molecular weight excluding hydrogens is 202 g/mol. The first kappa shape index (κ1) is 11.1. The van der Waals surface area contributed by atoms with E-state index in [2.05, 4.69) is 33.9 Å². The number of esters is 1. The third-order valence-corrected chi connectivity index (χ3v) is 3.07. The van der Waals surface area contributed by atoms with Crippen LogP contribution in [0.1, 0.15) is 17.5 Å². The minimum absolute atomic E-state index is 0.126. The van der Waals surface area contributed by atoms with Crippen LogP contribution in [0.3, 0.4) is 0 Å². The molecule has 0 atom stereocenters. The van der Waals surface area contributed by atoms with Crippen molar-refractivity contribution >= 4 is 5.97 Å². The average molecular weight is 219 g/mol. The van der Waals surface area contributed by atoms with E-state index >= 15 is 0 Å². The van der Waals surface area contributed by atoms with Gasteiger partial charge in [-0.05, 0) is 17.5 Å². The third-order valence-electron chi connectivity index (χ3n) is 3.07. The number of nitrogens with zero attached hydrogens (tertiary/aromatic N) is 1. The molecule has 3 nitrogen and oxygen atoms in total. The van der Waals surface area contributed by atoms with Crippen molar-refractivity contribution in [3.05, 3.63) is 35.4 Å².